The lowest BCUT2D eigenvalue weighted by molar-refractivity contribution is -0.137. The summed E-state index contributed by atoms with van der Waals surface area (Å²) in [6.07, 6.45) is 3.48. The topological polar surface area (TPSA) is 105 Å². The highest BCUT2D eigenvalue weighted by atomic mass is 16.4. The second kappa shape index (κ2) is 9.63. The van der Waals surface area contributed by atoms with Crippen LogP contribution in [0.3, 0.4) is 0 Å². The normalized spacial score (nSPS) is 12.8. The van der Waals surface area contributed by atoms with E-state index in [1.54, 1.807) is 36.7 Å². The van der Waals surface area contributed by atoms with E-state index in [9.17, 15) is 14.7 Å². The van der Waals surface area contributed by atoms with Crippen LogP contribution >= 0.6 is 0 Å². The van der Waals surface area contributed by atoms with Crippen molar-refractivity contribution >= 4 is 28.3 Å². The van der Waals surface area contributed by atoms with Crippen LogP contribution in [-0.4, -0.2) is 28.5 Å². The number of hydrogen-bond donors (Lipinski definition) is 3. The van der Waals surface area contributed by atoms with E-state index in [1.165, 1.54) is 0 Å². The number of pyridine rings is 1. The Morgan fingerprint density at radius 3 is 2.39 bits per heavy atom. The quantitative estimate of drug-likeness (QED) is 0.395. The van der Waals surface area contributed by atoms with Crippen LogP contribution in [0.25, 0.3) is 10.8 Å². The fourth-order valence-corrected chi connectivity index (χ4v) is 4.07. The molecule has 0 saturated carbocycles. The average Bonchev–Trinajstić information content (AvgIpc) is 2.81. The van der Waals surface area contributed by atoms with E-state index in [4.69, 9.17) is 5.73 Å². The van der Waals surface area contributed by atoms with Crippen molar-refractivity contribution in [3.8, 4) is 0 Å². The molecule has 6 heteroatoms. The number of nitrogens with two attached hydrogens (primary N) is 1. The molecule has 0 saturated heterocycles. The van der Waals surface area contributed by atoms with Crippen LogP contribution in [0.2, 0.25) is 0 Å². The molecule has 1 heterocycles. The van der Waals surface area contributed by atoms with Gasteiger partial charge in [0.1, 0.15) is 5.92 Å². The van der Waals surface area contributed by atoms with E-state index in [-0.39, 0.29) is 12.5 Å². The number of carbonyl (C=O) groups is 2. The molecule has 166 valence electrons. The molecule has 2 unspecified atom stereocenters. The monoisotopic (exact) mass is 439 g/mol. The first-order chi connectivity index (χ1) is 16.0. The maximum Gasteiger partial charge on any atom is 0.315 e. The zero-order valence-electron chi connectivity index (χ0n) is 18.2. The number of nitrogens with one attached hydrogen (secondary N) is 1. The first kappa shape index (κ1) is 22.2. The molecule has 33 heavy (non-hydrogen) atoms. The third-order valence-electron chi connectivity index (χ3n) is 5.88. The molecule has 0 fully saturated rings. The fourth-order valence-electron chi connectivity index (χ4n) is 4.07. The third kappa shape index (κ3) is 4.76. The van der Waals surface area contributed by atoms with Gasteiger partial charge in [0.2, 0.25) is 5.91 Å². The first-order valence-electron chi connectivity index (χ1n) is 10.7. The van der Waals surface area contributed by atoms with Gasteiger partial charge in [0.05, 0.1) is 5.92 Å². The molecular weight excluding hydrogens is 414 g/mol. The zero-order valence-corrected chi connectivity index (χ0v) is 18.2. The lowest BCUT2D eigenvalue weighted by atomic mass is 9.87. The largest absolute Gasteiger partial charge is 0.481 e. The first-order valence-corrected chi connectivity index (χ1v) is 10.7. The number of amides is 1. The van der Waals surface area contributed by atoms with Gasteiger partial charge in [-0.05, 0) is 52.8 Å². The number of anilines is 1. The standard InChI is InChI=1S/C27H25N3O3/c1-17-4-2-3-5-23(17)25(27(32)33)19-8-6-18(7-9-19)24(15-28)26(31)30-22-11-10-21-16-29-13-12-20(21)14-22/h2-14,16,24-25H,15,28H2,1H3,(H,30,31)(H,32,33). The van der Waals surface area contributed by atoms with E-state index in [2.05, 4.69) is 10.3 Å². The highest BCUT2D eigenvalue weighted by Gasteiger charge is 2.25. The number of carbonyl (C=O) groups excluding carboxylic acids is 1. The summed E-state index contributed by atoms with van der Waals surface area (Å²) in [5.41, 5.74) is 9.67. The van der Waals surface area contributed by atoms with Gasteiger partial charge in [-0.3, -0.25) is 14.6 Å². The number of rotatable bonds is 7. The van der Waals surface area contributed by atoms with Gasteiger partial charge in [-0.1, -0.05) is 54.6 Å². The predicted molar refractivity (Wildman–Crippen MR) is 129 cm³/mol. The molecule has 3 aromatic carbocycles. The summed E-state index contributed by atoms with van der Waals surface area (Å²) < 4.78 is 0. The molecule has 1 amide bonds. The molecule has 4 N–H and O–H groups in total. The van der Waals surface area contributed by atoms with E-state index in [1.807, 2.05) is 55.5 Å². The number of aliphatic carboxylic acids is 1. The van der Waals surface area contributed by atoms with Crippen LogP contribution in [0, 0.1) is 6.92 Å². The minimum atomic E-state index is -0.920. The van der Waals surface area contributed by atoms with Crippen LogP contribution in [0.5, 0.6) is 0 Å². The van der Waals surface area contributed by atoms with E-state index >= 15 is 0 Å². The molecule has 4 rings (SSSR count). The molecule has 0 aliphatic rings. The van der Waals surface area contributed by atoms with Crippen LogP contribution < -0.4 is 11.1 Å². The molecular formula is C27H25N3O3. The maximum atomic E-state index is 13.0. The lowest BCUT2D eigenvalue weighted by Gasteiger charge is -2.19. The van der Waals surface area contributed by atoms with Gasteiger partial charge in [0, 0.05) is 30.0 Å². The Balaban J connectivity index is 1.56. The van der Waals surface area contributed by atoms with Crippen molar-refractivity contribution in [3.05, 3.63) is 107 Å². The van der Waals surface area contributed by atoms with Crippen LogP contribution in [0.1, 0.15) is 34.1 Å². The van der Waals surface area contributed by atoms with Crippen molar-refractivity contribution in [3.63, 3.8) is 0 Å². The Morgan fingerprint density at radius 1 is 0.970 bits per heavy atom. The van der Waals surface area contributed by atoms with Gasteiger partial charge in [0.25, 0.3) is 0 Å². The number of nitrogens with zero attached hydrogens (tertiary/aromatic N) is 1. The van der Waals surface area contributed by atoms with Gasteiger partial charge in [-0.15, -0.1) is 0 Å². The Kier molecular flexibility index (Phi) is 6.47. The summed E-state index contributed by atoms with van der Waals surface area (Å²) >= 11 is 0. The smallest absolute Gasteiger partial charge is 0.315 e. The molecule has 6 nitrogen and oxygen atoms in total. The molecule has 0 radical (unpaired) electrons. The number of carboxylic acids is 1. The number of hydrogen-bond acceptors (Lipinski definition) is 4. The number of carboxylic acid groups (broad SMARTS) is 1. The highest BCUT2D eigenvalue weighted by Crippen LogP contribution is 2.29. The highest BCUT2D eigenvalue weighted by molar-refractivity contribution is 5.98. The summed E-state index contributed by atoms with van der Waals surface area (Å²) in [5.74, 6) is -2.48. The van der Waals surface area contributed by atoms with E-state index in [0.717, 1.165) is 27.5 Å². The number of fused-ring (bicyclic) bond motifs is 1. The summed E-state index contributed by atoms with van der Waals surface area (Å²) in [6, 6.07) is 22.1. The summed E-state index contributed by atoms with van der Waals surface area (Å²) in [7, 11) is 0. The third-order valence-corrected chi connectivity index (χ3v) is 5.88. The number of aryl methyl sites for hydroxylation is 1. The Morgan fingerprint density at radius 2 is 1.70 bits per heavy atom. The Hall–Kier alpha value is -4.03. The van der Waals surface area contributed by atoms with Crippen LogP contribution in [0.4, 0.5) is 5.69 Å². The molecule has 0 aliphatic heterocycles. The van der Waals surface area contributed by atoms with Gasteiger partial charge in [0.15, 0.2) is 0 Å². The summed E-state index contributed by atoms with van der Waals surface area (Å²) in [5, 5.41) is 14.8. The molecule has 2 atom stereocenters. The van der Waals surface area contributed by atoms with Crippen molar-refractivity contribution in [1.29, 1.82) is 0 Å². The van der Waals surface area contributed by atoms with Crippen molar-refractivity contribution < 1.29 is 14.7 Å². The van der Waals surface area contributed by atoms with Gasteiger partial charge >= 0.3 is 5.97 Å². The Bertz CT molecular complexity index is 1300. The van der Waals surface area contributed by atoms with Crippen LogP contribution in [-0.2, 0) is 9.59 Å². The van der Waals surface area contributed by atoms with Gasteiger partial charge in [-0.25, -0.2) is 0 Å². The number of aromatic nitrogens is 1. The van der Waals surface area contributed by atoms with Crippen molar-refractivity contribution in [2.75, 3.05) is 11.9 Å². The SMILES string of the molecule is Cc1ccccc1C(C(=O)O)c1ccc(C(CN)C(=O)Nc2ccc3cnccc3c2)cc1. The van der Waals surface area contributed by atoms with Gasteiger partial charge in [-0.2, -0.15) is 0 Å². The average molecular weight is 440 g/mol. The minimum Gasteiger partial charge on any atom is -0.481 e. The summed E-state index contributed by atoms with van der Waals surface area (Å²) in [6.45, 7) is 2.03. The van der Waals surface area contributed by atoms with E-state index < -0.39 is 17.8 Å². The molecule has 0 spiro atoms. The molecule has 4 aromatic rings. The molecule has 1 aromatic heterocycles. The zero-order chi connectivity index (χ0) is 23.4. The van der Waals surface area contributed by atoms with Crippen molar-refractivity contribution in [2.45, 2.75) is 18.8 Å². The summed E-state index contributed by atoms with van der Waals surface area (Å²) in [4.78, 5) is 29.1. The second-order valence-corrected chi connectivity index (χ2v) is 8.01. The Labute approximate surface area is 192 Å². The molecule has 0 bridgehead atoms. The predicted octanol–water partition coefficient (Wildman–Crippen LogP) is 4.44. The minimum absolute atomic E-state index is 0.128. The molecule has 0 aliphatic carbocycles. The van der Waals surface area contributed by atoms with E-state index in [0.29, 0.717) is 11.3 Å². The van der Waals surface area contributed by atoms with Gasteiger partial charge < -0.3 is 16.2 Å². The van der Waals surface area contributed by atoms with Crippen molar-refractivity contribution in [1.82, 2.24) is 4.98 Å². The second-order valence-electron chi connectivity index (χ2n) is 8.01. The lowest BCUT2D eigenvalue weighted by Crippen LogP contribution is -2.27. The fraction of sp³-hybridized carbons (Fsp3) is 0.148. The number of benzene rings is 3. The van der Waals surface area contributed by atoms with Crippen molar-refractivity contribution in [2.24, 2.45) is 5.73 Å². The van der Waals surface area contributed by atoms with Crippen LogP contribution in [0.15, 0.2) is 85.2 Å². The maximum absolute atomic E-state index is 13.0.